The van der Waals surface area contributed by atoms with Crippen LogP contribution in [0.2, 0.25) is 0 Å². The summed E-state index contributed by atoms with van der Waals surface area (Å²) in [7, 11) is -3.46. The average Bonchev–Trinajstić information content (AvgIpc) is 2.62. The van der Waals surface area contributed by atoms with Crippen LogP contribution in [0.1, 0.15) is 12.8 Å². The Bertz CT molecular complexity index is 614. The molecule has 1 atom stereocenters. The molecule has 8 heteroatoms. The summed E-state index contributed by atoms with van der Waals surface area (Å²) in [6.45, 7) is 3.59. The van der Waals surface area contributed by atoms with Crippen molar-refractivity contribution < 1.29 is 23.2 Å². The van der Waals surface area contributed by atoms with Gasteiger partial charge in [0.25, 0.3) is 5.82 Å². The van der Waals surface area contributed by atoms with Gasteiger partial charge in [-0.1, -0.05) is 0 Å². The van der Waals surface area contributed by atoms with Gasteiger partial charge >= 0.3 is 0 Å². The Kier molecular flexibility index (Phi) is 5.15. The Morgan fingerprint density at radius 2 is 2.04 bits per heavy atom. The first-order chi connectivity index (χ1) is 11.1. The summed E-state index contributed by atoms with van der Waals surface area (Å²) < 4.78 is 31.8. The molecule has 23 heavy (non-hydrogen) atoms. The molecule has 3 rings (SSSR count). The molecule has 1 aromatic heterocycles. The number of pyridine rings is 1. The van der Waals surface area contributed by atoms with Crippen molar-refractivity contribution in [3.8, 4) is 0 Å². The first kappa shape index (κ1) is 16.6. The van der Waals surface area contributed by atoms with Crippen molar-refractivity contribution in [1.29, 1.82) is 0 Å². The average molecular weight is 342 g/mol. The van der Waals surface area contributed by atoms with Gasteiger partial charge in [-0.15, -0.1) is 0 Å². The normalized spacial score (nSPS) is 23.9. The fraction of sp³-hybridized carbons (Fsp3) is 0.667. The number of sulfonamides is 1. The van der Waals surface area contributed by atoms with E-state index in [0.29, 0.717) is 26.3 Å². The SMILES string of the molecule is O=S(=O)(c1ccc(N2CCC[C@H](CO)C2)[nH+]c1)N1CCOCC1. The van der Waals surface area contributed by atoms with Gasteiger partial charge < -0.3 is 9.84 Å². The molecule has 0 unspecified atom stereocenters. The molecular formula is C15H24N3O4S+. The molecule has 2 saturated heterocycles. The molecule has 0 radical (unpaired) electrons. The summed E-state index contributed by atoms with van der Waals surface area (Å²) >= 11 is 0. The summed E-state index contributed by atoms with van der Waals surface area (Å²) in [5.74, 6) is 1.18. The molecule has 0 amide bonds. The summed E-state index contributed by atoms with van der Waals surface area (Å²) in [4.78, 5) is 5.54. The van der Waals surface area contributed by atoms with Crippen molar-refractivity contribution in [2.45, 2.75) is 17.7 Å². The molecule has 0 bridgehead atoms. The Morgan fingerprint density at radius 3 is 2.70 bits per heavy atom. The van der Waals surface area contributed by atoms with Gasteiger partial charge in [0.05, 0.1) is 26.3 Å². The minimum atomic E-state index is -3.46. The van der Waals surface area contributed by atoms with Gasteiger partial charge in [0, 0.05) is 31.7 Å². The monoisotopic (exact) mass is 342 g/mol. The van der Waals surface area contributed by atoms with Gasteiger partial charge in [-0.25, -0.2) is 13.4 Å². The third-order valence-corrected chi connectivity index (χ3v) is 6.39. The fourth-order valence-electron chi connectivity index (χ4n) is 3.13. The van der Waals surface area contributed by atoms with Gasteiger partial charge in [0.2, 0.25) is 10.0 Å². The van der Waals surface area contributed by atoms with Crippen LogP contribution in [0.4, 0.5) is 5.82 Å². The third kappa shape index (κ3) is 3.65. The topological polar surface area (TPSA) is 84.2 Å². The van der Waals surface area contributed by atoms with E-state index >= 15 is 0 Å². The smallest absolute Gasteiger partial charge is 0.274 e. The second-order valence-corrected chi connectivity index (χ2v) is 8.00. The number of aromatic amines is 1. The second-order valence-electron chi connectivity index (χ2n) is 6.06. The van der Waals surface area contributed by atoms with Crippen LogP contribution in [0.5, 0.6) is 0 Å². The predicted octanol–water partition coefficient (Wildman–Crippen LogP) is -0.270. The number of H-pyrrole nitrogens is 1. The van der Waals surface area contributed by atoms with E-state index in [4.69, 9.17) is 4.74 Å². The van der Waals surface area contributed by atoms with Gasteiger partial charge in [-0.3, -0.25) is 4.90 Å². The lowest BCUT2D eigenvalue weighted by Gasteiger charge is -2.27. The van der Waals surface area contributed by atoms with Gasteiger partial charge in [-0.05, 0) is 18.9 Å². The maximum absolute atomic E-state index is 12.6. The fourth-order valence-corrected chi connectivity index (χ4v) is 4.50. The predicted molar refractivity (Wildman–Crippen MR) is 84.6 cm³/mol. The molecule has 2 aliphatic rings. The number of aromatic nitrogens is 1. The number of anilines is 1. The van der Waals surface area contributed by atoms with Crippen LogP contribution in [0.25, 0.3) is 0 Å². The zero-order valence-corrected chi connectivity index (χ0v) is 14.0. The molecule has 0 aromatic carbocycles. The Hall–Kier alpha value is -1.22. The van der Waals surface area contributed by atoms with Crippen LogP contribution < -0.4 is 9.88 Å². The number of ether oxygens (including phenoxy) is 1. The molecule has 3 heterocycles. The van der Waals surface area contributed by atoms with E-state index in [2.05, 4.69) is 9.88 Å². The quantitative estimate of drug-likeness (QED) is 0.814. The number of hydrogen-bond acceptors (Lipinski definition) is 5. The lowest BCUT2D eigenvalue weighted by atomic mass is 9.99. The second kappa shape index (κ2) is 7.12. The highest BCUT2D eigenvalue weighted by Gasteiger charge is 2.29. The zero-order chi connectivity index (χ0) is 16.3. The first-order valence-electron chi connectivity index (χ1n) is 8.06. The van der Waals surface area contributed by atoms with Gasteiger partial charge in [0.1, 0.15) is 11.1 Å². The van der Waals surface area contributed by atoms with Crippen LogP contribution in [0, 0.1) is 5.92 Å². The van der Waals surface area contributed by atoms with E-state index in [1.54, 1.807) is 12.3 Å². The molecule has 2 aliphatic heterocycles. The highest BCUT2D eigenvalue weighted by atomic mass is 32.2. The van der Waals surface area contributed by atoms with Crippen molar-refractivity contribution in [3.05, 3.63) is 18.3 Å². The Morgan fingerprint density at radius 1 is 1.26 bits per heavy atom. The maximum atomic E-state index is 12.6. The number of rotatable bonds is 4. The number of aliphatic hydroxyl groups is 1. The summed E-state index contributed by atoms with van der Waals surface area (Å²) in [5, 5.41) is 9.32. The van der Waals surface area contributed by atoms with Crippen molar-refractivity contribution in [3.63, 3.8) is 0 Å². The van der Waals surface area contributed by atoms with Crippen LogP contribution in [0.3, 0.4) is 0 Å². The number of hydrogen-bond donors (Lipinski definition) is 1. The molecule has 2 N–H and O–H groups in total. The molecule has 128 valence electrons. The van der Waals surface area contributed by atoms with E-state index in [0.717, 1.165) is 31.7 Å². The maximum Gasteiger partial charge on any atom is 0.274 e. The Balaban J connectivity index is 1.73. The van der Waals surface area contributed by atoms with Crippen LogP contribution >= 0.6 is 0 Å². The number of nitrogens with zero attached hydrogens (tertiary/aromatic N) is 2. The standard InChI is InChI=1S/C15H23N3O4S/c19-12-13-2-1-5-17(11-13)15-4-3-14(10-16-15)23(20,21)18-6-8-22-9-7-18/h3-4,10,13,19H,1-2,5-9,11-12H2/p+1/t13-/m0/s1. The van der Waals surface area contributed by atoms with E-state index in [-0.39, 0.29) is 17.4 Å². The van der Waals surface area contributed by atoms with E-state index < -0.39 is 10.0 Å². The molecule has 0 spiro atoms. The highest BCUT2D eigenvalue weighted by molar-refractivity contribution is 7.89. The molecule has 2 fully saturated rings. The molecule has 7 nitrogen and oxygen atoms in total. The van der Waals surface area contributed by atoms with E-state index in [1.807, 2.05) is 6.07 Å². The van der Waals surface area contributed by atoms with Crippen LogP contribution in [0.15, 0.2) is 23.2 Å². The molecule has 0 saturated carbocycles. The number of aliphatic hydroxyl groups excluding tert-OH is 1. The highest BCUT2D eigenvalue weighted by Crippen LogP contribution is 2.21. The first-order valence-corrected chi connectivity index (χ1v) is 9.50. The Labute approximate surface area is 136 Å². The summed E-state index contributed by atoms with van der Waals surface area (Å²) in [5.41, 5.74) is 0. The molecule has 1 aromatic rings. The molecule has 0 aliphatic carbocycles. The third-order valence-electron chi connectivity index (χ3n) is 4.49. The summed E-state index contributed by atoms with van der Waals surface area (Å²) in [6.07, 6.45) is 3.63. The van der Waals surface area contributed by atoms with Gasteiger partial charge in [0.15, 0.2) is 0 Å². The van der Waals surface area contributed by atoms with Crippen LogP contribution in [-0.2, 0) is 14.8 Å². The lowest BCUT2D eigenvalue weighted by molar-refractivity contribution is -0.367. The lowest BCUT2D eigenvalue weighted by Crippen LogP contribution is -2.41. The summed E-state index contributed by atoms with van der Waals surface area (Å²) in [6, 6.07) is 3.46. The van der Waals surface area contributed by atoms with Crippen molar-refractivity contribution in [2.75, 3.05) is 50.9 Å². The zero-order valence-electron chi connectivity index (χ0n) is 13.1. The van der Waals surface area contributed by atoms with E-state index in [9.17, 15) is 13.5 Å². The minimum Gasteiger partial charge on any atom is -0.396 e. The minimum absolute atomic E-state index is 0.194. The molecular weight excluding hydrogens is 318 g/mol. The number of nitrogens with one attached hydrogen (secondary N) is 1. The van der Waals surface area contributed by atoms with E-state index in [1.165, 1.54) is 4.31 Å². The van der Waals surface area contributed by atoms with Crippen LogP contribution in [-0.4, -0.2) is 63.8 Å². The van der Waals surface area contributed by atoms with Crippen molar-refractivity contribution in [1.82, 2.24) is 4.31 Å². The van der Waals surface area contributed by atoms with Gasteiger partial charge in [-0.2, -0.15) is 4.31 Å². The largest absolute Gasteiger partial charge is 0.396 e. The van der Waals surface area contributed by atoms with Crippen molar-refractivity contribution in [2.24, 2.45) is 5.92 Å². The number of piperidine rings is 1. The number of morpholine rings is 1. The van der Waals surface area contributed by atoms with Crippen molar-refractivity contribution >= 4 is 15.8 Å².